The molecule has 0 saturated carbocycles. The molecule has 0 aliphatic heterocycles. The topological polar surface area (TPSA) is 33.4 Å². The maximum atomic E-state index is 8.64. The Labute approximate surface area is 85.9 Å². The van der Waals surface area contributed by atoms with Crippen molar-refractivity contribution in [2.75, 3.05) is 6.61 Å². The molecule has 2 nitrogen and oxygen atoms in total. The van der Waals surface area contributed by atoms with Crippen LogP contribution in [0.4, 0.5) is 0 Å². The second kappa shape index (κ2) is 6.66. The highest BCUT2D eigenvalue weighted by Gasteiger charge is 2.01. The average Bonchev–Trinajstić information content (AvgIpc) is 2.63. The summed E-state index contributed by atoms with van der Waals surface area (Å²) in [5.74, 6) is 2.16. The van der Waals surface area contributed by atoms with Crippen molar-refractivity contribution in [2.45, 2.75) is 45.4 Å². The van der Waals surface area contributed by atoms with Gasteiger partial charge in [-0.15, -0.1) is 0 Å². The van der Waals surface area contributed by atoms with Gasteiger partial charge in [0.05, 0.1) is 0 Å². The molecular weight excluding hydrogens is 176 g/mol. The number of rotatable bonds is 7. The van der Waals surface area contributed by atoms with E-state index in [1.54, 1.807) is 0 Å². The number of furan rings is 1. The van der Waals surface area contributed by atoms with Gasteiger partial charge in [-0.1, -0.05) is 13.3 Å². The monoisotopic (exact) mass is 196 g/mol. The van der Waals surface area contributed by atoms with E-state index < -0.39 is 0 Å². The van der Waals surface area contributed by atoms with Crippen molar-refractivity contribution in [3.05, 3.63) is 23.7 Å². The summed E-state index contributed by atoms with van der Waals surface area (Å²) < 4.78 is 5.65. The lowest BCUT2D eigenvalue weighted by Gasteiger charge is -1.96. The molecule has 1 aromatic rings. The first-order chi connectivity index (χ1) is 6.86. The Bertz CT molecular complexity index is 240. The molecule has 0 aliphatic carbocycles. The van der Waals surface area contributed by atoms with Crippen LogP contribution in [0.2, 0.25) is 0 Å². The number of aliphatic hydroxyl groups is 1. The number of hydrogen-bond acceptors (Lipinski definition) is 2. The molecule has 0 aromatic carbocycles. The van der Waals surface area contributed by atoms with E-state index in [1.165, 1.54) is 12.8 Å². The molecule has 0 fully saturated rings. The van der Waals surface area contributed by atoms with Gasteiger partial charge in [-0.2, -0.15) is 0 Å². The lowest BCUT2D eigenvalue weighted by molar-refractivity contribution is 0.283. The molecule has 0 bridgehead atoms. The van der Waals surface area contributed by atoms with Gasteiger partial charge >= 0.3 is 0 Å². The zero-order valence-electron chi connectivity index (χ0n) is 8.96. The number of aryl methyl sites for hydroxylation is 2. The summed E-state index contributed by atoms with van der Waals surface area (Å²) in [5.41, 5.74) is 0. The quantitative estimate of drug-likeness (QED) is 0.680. The largest absolute Gasteiger partial charge is 0.466 e. The van der Waals surface area contributed by atoms with Crippen LogP contribution in [0.3, 0.4) is 0 Å². The van der Waals surface area contributed by atoms with Crippen LogP contribution in [0.25, 0.3) is 0 Å². The molecule has 1 rings (SSSR count). The van der Waals surface area contributed by atoms with Crippen molar-refractivity contribution < 1.29 is 9.52 Å². The maximum Gasteiger partial charge on any atom is 0.104 e. The van der Waals surface area contributed by atoms with Crippen molar-refractivity contribution >= 4 is 0 Å². The first kappa shape index (κ1) is 11.3. The van der Waals surface area contributed by atoms with Gasteiger partial charge < -0.3 is 9.52 Å². The molecule has 0 spiro atoms. The summed E-state index contributed by atoms with van der Waals surface area (Å²) in [7, 11) is 0. The van der Waals surface area contributed by atoms with Gasteiger partial charge in [0.2, 0.25) is 0 Å². The Morgan fingerprint density at radius 3 is 2.29 bits per heavy atom. The summed E-state index contributed by atoms with van der Waals surface area (Å²) in [6.07, 6.45) is 6.29. The predicted molar refractivity (Wildman–Crippen MR) is 57.3 cm³/mol. The molecule has 0 saturated heterocycles. The summed E-state index contributed by atoms with van der Waals surface area (Å²) in [4.78, 5) is 0. The van der Waals surface area contributed by atoms with E-state index in [0.29, 0.717) is 0 Å². The van der Waals surface area contributed by atoms with Crippen LogP contribution in [0.15, 0.2) is 16.5 Å². The number of hydrogen-bond donors (Lipinski definition) is 1. The van der Waals surface area contributed by atoms with Gasteiger partial charge in [-0.3, -0.25) is 0 Å². The molecular formula is C12H20O2. The van der Waals surface area contributed by atoms with E-state index in [2.05, 4.69) is 19.1 Å². The first-order valence-electron chi connectivity index (χ1n) is 5.55. The molecule has 0 radical (unpaired) electrons. The zero-order chi connectivity index (χ0) is 10.2. The average molecular weight is 196 g/mol. The van der Waals surface area contributed by atoms with E-state index in [9.17, 15) is 0 Å². The van der Waals surface area contributed by atoms with Gasteiger partial charge in [0.25, 0.3) is 0 Å². The van der Waals surface area contributed by atoms with Crippen LogP contribution in [0.5, 0.6) is 0 Å². The van der Waals surface area contributed by atoms with Crippen LogP contribution in [-0.2, 0) is 12.8 Å². The van der Waals surface area contributed by atoms with E-state index >= 15 is 0 Å². The highest BCUT2D eigenvalue weighted by atomic mass is 16.3. The second-order valence-electron chi connectivity index (χ2n) is 3.65. The first-order valence-corrected chi connectivity index (χ1v) is 5.55. The van der Waals surface area contributed by atoms with Crippen LogP contribution < -0.4 is 0 Å². The van der Waals surface area contributed by atoms with E-state index in [-0.39, 0.29) is 6.61 Å². The molecule has 1 N–H and O–H groups in total. The van der Waals surface area contributed by atoms with E-state index in [0.717, 1.165) is 37.2 Å². The fraction of sp³-hybridized carbons (Fsp3) is 0.667. The molecule has 2 heteroatoms. The fourth-order valence-corrected chi connectivity index (χ4v) is 1.45. The standard InChI is InChI=1S/C12H20O2/c1-2-3-6-11-8-9-12(14-11)7-4-5-10-13/h8-9,13H,2-7,10H2,1H3. The number of unbranched alkanes of at least 4 members (excludes halogenated alkanes) is 2. The molecule has 80 valence electrons. The van der Waals surface area contributed by atoms with Gasteiger partial charge in [-0.05, 0) is 31.4 Å². The molecule has 0 amide bonds. The second-order valence-corrected chi connectivity index (χ2v) is 3.65. The Hall–Kier alpha value is -0.760. The van der Waals surface area contributed by atoms with Crippen molar-refractivity contribution in [2.24, 2.45) is 0 Å². The summed E-state index contributed by atoms with van der Waals surface area (Å²) >= 11 is 0. The van der Waals surface area contributed by atoms with Gasteiger partial charge in [0, 0.05) is 19.4 Å². The molecule has 1 heterocycles. The Balaban J connectivity index is 2.27. The van der Waals surface area contributed by atoms with E-state index in [1.807, 2.05) is 0 Å². The Kier molecular flexibility index (Phi) is 5.38. The van der Waals surface area contributed by atoms with Crippen molar-refractivity contribution in [3.8, 4) is 0 Å². The highest BCUT2D eigenvalue weighted by molar-refractivity contribution is 5.07. The Morgan fingerprint density at radius 1 is 1.07 bits per heavy atom. The lowest BCUT2D eigenvalue weighted by atomic mass is 10.2. The van der Waals surface area contributed by atoms with Crippen LogP contribution in [-0.4, -0.2) is 11.7 Å². The maximum absolute atomic E-state index is 8.64. The van der Waals surface area contributed by atoms with Crippen molar-refractivity contribution in [3.63, 3.8) is 0 Å². The third-order valence-electron chi connectivity index (χ3n) is 2.33. The van der Waals surface area contributed by atoms with Crippen LogP contribution in [0.1, 0.15) is 44.1 Å². The summed E-state index contributed by atoms with van der Waals surface area (Å²) in [6, 6.07) is 4.13. The van der Waals surface area contributed by atoms with Gasteiger partial charge in [0.1, 0.15) is 11.5 Å². The summed E-state index contributed by atoms with van der Waals surface area (Å²) in [6.45, 7) is 2.47. The minimum Gasteiger partial charge on any atom is -0.466 e. The normalized spacial score (nSPS) is 10.7. The molecule has 14 heavy (non-hydrogen) atoms. The van der Waals surface area contributed by atoms with E-state index in [4.69, 9.17) is 9.52 Å². The molecule has 1 aromatic heterocycles. The number of aliphatic hydroxyl groups excluding tert-OH is 1. The minimum atomic E-state index is 0.281. The minimum absolute atomic E-state index is 0.281. The van der Waals surface area contributed by atoms with Crippen LogP contribution in [0, 0.1) is 0 Å². The lowest BCUT2D eigenvalue weighted by Crippen LogP contribution is -1.86. The van der Waals surface area contributed by atoms with Gasteiger partial charge in [0.15, 0.2) is 0 Å². The van der Waals surface area contributed by atoms with Crippen molar-refractivity contribution in [1.82, 2.24) is 0 Å². The Morgan fingerprint density at radius 2 is 1.71 bits per heavy atom. The fourth-order valence-electron chi connectivity index (χ4n) is 1.45. The SMILES string of the molecule is CCCCc1ccc(CCCCO)o1. The predicted octanol–water partition coefficient (Wildman–Crippen LogP) is 2.94. The smallest absolute Gasteiger partial charge is 0.104 e. The zero-order valence-corrected chi connectivity index (χ0v) is 8.96. The van der Waals surface area contributed by atoms with Crippen molar-refractivity contribution in [1.29, 1.82) is 0 Å². The third-order valence-corrected chi connectivity index (χ3v) is 2.33. The summed E-state index contributed by atoms with van der Waals surface area (Å²) in [5, 5.41) is 8.64. The molecule has 0 aliphatic rings. The van der Waals surface area contributed by atoms with Gasteiger partial charge in [-0.25, -0.2) is 0 Å². The third kappa shape index (κ3) is 3.97. The highest BCUT2D eigenvalue weighted by Crippen LogP contribution is 2.13. The molecule has 0 atom stereocenters. The van der Waals surface area contributed by atoms with Crippen LogP contribution >= 0.6 is 0 Å². The molecule has 0 unspecified atom stereocenters.